The van der Waals surface area contributed by atoms with Crippen molar-refractivity contribution in [3.05, 3.63) is 58.3 Å². The number of thiophene rings is 1. The number of ether oxygens (including phenoxy) is 1. The number of hydrogen-bond acceptors (Lipinski definition) is 4. The Labute approximate surface area is 126 Å². The molecule has 1 unspecified atom stereocenters. The van der Waals surface area contributed by atoms with Gasteiger partial charge in [0.05, 0.1) is 0 Å². The maximum absolute atomic E-state index is 12.0. The van der Waals surface area contributed by atoms with Crippen molar-refractivity contribution in [2.24, 2.45) is 0 Å². The molecule has 0 spiro atoms. The summed E-state index contributed by atoms with van der Waals surface area (Å²) in [5.74, 6) is 2.04. The molecular formula is C16H14O2S2. The van der Waals surface area contributed by atoms with Crippen LogP contribution in [-0.2, 0) is 0 Å². The largest absolute Gasteiger partial charge is 0.492 e. The minimum Gasteiger partial charge on any atom is -0.492 e. The van der Waals surface area contributed by atoms with Gasteiger partial charge in [0.15, 0.2) is 5.78 Å². The third-order valence-electron chi connectivity index (χ3n) is 2.92. The zero-order valence-corrected chi connectivity index (χ0v) is 12.5. The Balaban J connectivity index is 1.59. The lowest BCUT2D eigenvalue weighted by Crippen LogP contribution is -2.03. The highest BCUT2D eigenvalue weighted by Gasteiger charge is 2.22. The molecule has 1 atom stereocenters. The van der Waals surface area contributed by atoms with Gasteiger partial charge in [-0.15, -0.1) is 11.3 Å². The monoisotopic (exact) mass is 302 g/mol. The highest BCUT2D eigenvalue weighted by molar-refractivity contribution is 8.06. The van der Waals surface area contributed by atoms with Crippen LogP contribution in [0, 0.1) is 0 Å². The number of thioether (sulfide) groups is 1. The van der Waals surface area contributed by atoms with Crippen molar-refractivity contribution in [2.75, 3.05) is 12.4 Å². The molecule has 1 aliphatic heterocycles. The number of benzene rings is 1. The lowest BCUT2D eigenvalue weighted by atomic mass is 10.1. The molecule has 2 nitrogen and oxygen atoms in total. The van der Waals surface area contributed by atoms with Crippen molar-refractivity contribution >= 4 is 35.0 Å². The SMILES string of the molecule is O=C(/C=C/c1cccs1)c1ccc(OCC2CS2)cc1. The summed E-state index contributed by atoms with van der Waals surface area (Å²) in [6.45, 7) is 0.760. The van der Waals surface area contributed by atoms with E-state index in [0.29, 0.717) is 10.8 Å². The van der Waals surface area contributed by atoms with Gasteiger partial charge in [-0.05, 0) is 47.9 Å². The van der Waals surface area contributed by atoms with E-state index < -0.39 is 0 Å². The number of ketones is 1. The summed E-state index contributed by atoms with van der Waals surface area (Å²) < 4.78 is 5.64. The van der Waals surface area contributed by atoms with Gasteiger partial charge in [-0.1, -0.05) is 6.07 Å². The van der Waals surface area contributed by atoms with E-state index >= 15 is 0 Å². The van der Waals surface area contributed by atoms with Crippen LogP contribution in [0.3, 0.4) is 0 Å². The number of carbonyl (C=O) groups excluding carboxylic acids is 1. The molecule has 0 saturated carbocycles. The molecule has 1 fully saturated rings. The van der Waals surface area contributed by atoms with Gasteiger partial charge in [0.1, 0.15) is 12.4 Å². The maximum Gasteiger partial charge on any atom is 0.185 e. The molecule has 1 aromatic carbocycles. The summed E-state index contributed by atoms with van der Waals surface area (Å²) in [6.07, 6.45) is 3.46. The third-order valence-corrected chi connectivity index (χ3v) is 4.70. The molecule has 20 heavy (non-hydrogen) atoms. The van der Waals surface area contributed by atoms with Crippen molar-refractivity contribution in [3.8, 4) is 5.75 Å². The summed E-state index contributed by atoms with van der Waals surface area (Å²) in [7, 11) is 0. The van der Waals surface area contributed by atoms with Gasteiger partial charge < -0.3 is 4.74 Å². The molecule has 102 valence electrons. The Hall–Kier alpha value is -1.52. The maximum atomic E-state index is 12.0. The second-order valence-corrected chi connectivity index (χ2v) is 6.82. The molecule has 2 heterocycles. The smallest absolute Gasteiger partial charge is 0.185 e. The summed E-state index contributed by atoms with van der Waals surface area (Å²) in [5.41, 5.74) is 0.686. The first kappa shape index (κ1) is 13.5. The van der Waals surface area contributed by atoms with Crippen LogP contribution in [0.2, 0.25) is 0 Å². The van der Waals surface area contributed by atoms with Crippen LogP contribution in [0.25, 0.3) is 6.08 Å². The Kier molecular flexibility index (Phi) is 4.23. The van der Waals surface area contributed by atoms with Crippen molar-refractivity contribution in [3.63, 3.8) is 0 Å². The highest BCUT2D eigenvalue weighted by Crippen LogP contribution is 2.30. The van der Waals surface area contributed by atoms with E-state index in [-0.39, 0.29) is 5.78 Å². The minimum atomic E-state index is 0.0164. The van der Waals surface area contributed by atoms with Gasteiger partial charge >= 0.3 is 0 Å². The first-order valence-electron chi connectivity index (χ1n) is 6.42. The van der Waals surface area contributed by atoms with Crippen LogP contribution in [0.1, 0.15) is 15.2 Å². The van der Waals surface area contributed by atoms with Gasteiger partial charge in [-0.25, -0.2) is 0 Å². The number of allylic oxidation sites excluding steroid dienone is 1. The second kappa shape index (κ2) is 6.29. The van der Waals surface area contributed by atoms with Crippen LogP contribution in [0.4, 0.5) is 0 Å². The van der Waals surface area contributed by atoms with Crippen LogP contribution in [-0.4, -0.2) is 23.4 Å². The van der Waals surface area contributed by atoms with E-state index in [0.717, 1.165) is 17.2 Å². The number of hydrogen-bond donors (Lipinski definition) is 0. The fourth-order valence-electron chi connectivity index (χ4n) is 1.71. The molecule has 1 aliphatic rings. The topological polar surface area (TPSA) is 26.3 Å². The predicted molar refractivity (Wildman–Crippen MR) is 85.9 cm³/mol. The average Bonchev–Trinajstić information content (AvgIpc) is 3.17. The van der Waals surface area contributed by atoms with Crippen LogP contribution in [0.15, 0.2) is 47.9 Å². The molecule has 1 saturated heterocycles. The summed E-state index contributed by atoms with van der Waals surface area (Å²) in [5, 5.41) is 2.65. The van der Waals surface area contributed by atoms with Crippen molar-refractivity contribution in [1.29, 1.82) is 0 Å². The molecule has 4 heteroatoms. The normalized spacial score (nSPS) is 17.3. The third kappa shape index (κ3) is 3.74. The first-order chi connectivity index (χ1) is 9.81. The fraction of sp³-hybridized carbons (Fsp3) is 0.188. The van der Waals surface area contributed by atoms with Gasteiger partial charge in [-0.3, -0.25) is 4.79 Å². The summed E-state index contributed by atoms with van der Waals surface area (Å²) in [6, 6.07) is 11.3. The standard InChI is InChI=1S/C16H14O2S2/c17-16(8-7-14-2-1-9-19-14)12-3-5-13(6-4-12)18-10-15-11-20-15/h1-9,15H,10-11H2/b8-7+. The minimum absolute atomic E-state index is 0.0164. The summed E-state index contributed by atoms with van der Waals surface area (Å²) >= 11 is 3.53. The van der Waals surface area contributed by atoms with Crippen LogP contribution < -0.4 is 4.74 Å². The number of carbonyl (C=O) groups is 1. The highest BCUT2D eigenvalue weighted by atomic mass is 32.2. The second-order valence-electron chi connectivity index (χ2n) is 4.50. The van der Waals surface area contributed by atoms with E-state index in [4.69, 9.17) is 4.74 Å². The molecule has 1 aromatic heterocycles. The fourth-order valence-corrected chi connectivity index (χ4v) is 2.72. The average molecular weight is 302 g/mol. The molecular weight excluding hydrogens is 288 g/mol. The van der Waals surface area contributed by atoms with Gasteiger partial charge in [-0.2, -0.15) is 11.8 Å². The van der Waals surface area contributed by atoms with Crippen LogP contribution >= 0.6 is 23.1 Å². The van der Waals surface area contributed by atoms with Crippen molar-refractivity contribution in [2.45, 2.75) is 5.25 Å². The molecule has 3 rings (SSSR count). The van der Waals surface area contributed by atoms with Gasteiger partial charge in [0, 0.05) is 21.4 Å². The Bertz CT molecular complexity index is 596. The molecule has 0 aliphatic carbocycles. The molecule has 0 bridgehead atoms. The Morgan fingerprint density at radius 1 is 1.30 bits per heavy atom. The van der Waals surface area contributed by atoms with E-state index in [1.54, 1.807) is 17.4 Å². The molecule has 0 amide bonds. The Morgan fingerprint density at radius 3 is 2.75 bits per heavy atom. The van der Waals surface area contributed by atoms with E-state index in [1.165, 1.54) is 5.75 Å². The van der Waals surface area contributed by atoms with E-state index in [2.05, 4.69) is 0 Å². The van der Waals surface area contributed by atoms with Crippen molar-refractivity contribution < 1.29 is 9.53 Å². The molecule has 2 aromatic rings. The summed E-state index contributed by atoms with van der Waals surface area (Å²) in [4.78, 5) is 13.1. The van der Waals surface area contributed by atoms with E-state index in [9.17, 15) is 4.79 Å². The first-order valence-corrected chi connectivity index (χ1v) is 8.34. The van der Waals surface area contributed by atoms with E-state index in [1.807, 2.05) is 59.6 Å². The predicted octanol–water partition coefficient (Wildman–Crippen LogP) is 4.14. The molecule has 0 radical (unpaired) electrons. The van der Waals surface area contributed by atoms with Gasteiger partial charge in [0.2, 0.25) is 0 Å². The zero-order chi connectivity index (χ0) is 13.8. The molecule has 0 N–H and O–H groups in total. The Morgan fingerprint density at radius 2 is 2.10 bits per heavy atom. The lowest BCUT2D eigenvalue weighted by molar-refractivity contribution is 0.104. The quantitative estimate of drug-likeness (QED) is 0.456. The van der Waals surface area contributed by atoms with Gasteiger partial charge in [0.25, 0.3) is 0 Å². The lowest BCUT2D eigenvalue weighted by Gasteiger charge is -2.04. The zero-order valence-electron chi connectivity index (χ0n) is 10.8. The van der Waals surface area contributed by atoms with Crippen molar-refractivity contribution in [1.82, 2.24) is 0 Å². The van der Waals surface area contributed by atoms with Crippen LogP contribution in [0.5, 0.6) is 5.75 Å². The number of rotatable bonds is 6.